The molecule has 0 bridgehead atoms. The Bertz CT molecular complexity index is 403. The zero-order valence-electron chi connectivity index (χ0n) is 9.25. The number of nitrogens with two attached hydrogens (primary N) is 1. The fourth-order valence-corrected chi connectivity index (χ4v) is 2.40. The molecule has 1 aromatic carbocycles. The van der Waals surface area contributed by atoms with Gasteiger partial charge < -0.3 is 19.9 Å². The van der Waals surface area contributed by atoms with Crippen molar-refractivity contribution in [2.24, 2.45) is 5.73 Å². The van der Waals surface area contributed by atoms with Gasteiger partial charge in [-0.1, -0.05) is 0 Å². The molecule has 4 nitrogen and oxygen atoms in total. The number of hydrogen-bond donors (Lipinski definition) is 1. The molecular formula is C11H14BrNO3. The summed E-state index contributed by atoms with van der Waals surface area (Å²) in [6.07, 6.45) is 0.689. The smallest absolute Gasteiger partial charge is 0.231 e. The largest absolute Gasteiger partial charge is 0.495 e. The molecule has 0 saturated heterocycles. The van der Waals surface area contributed by atoms with Crippen LogP contribution in [0, 0.1) is 0 Å². The number of halogens is 1. The van der Waals surface area contributed by atoms with Crippen LogP contribution in [0.3, 0.4) is 0 Å². The molecular weight excluding hydrogens is 274 g/mol. The minimum Gasteiger partial charge on any atom is -0.495 e. The summed E-state index contributed by atoms with van der Waals surface area (Å²) in [5.41, 5.74) is 6.78. The molecule has 1 aromatic rings. The molecule has 1 aliphatic heterocycles. The van der Waals surface area contributed by atoms with E-state index in [0.29, 0.717) is 6.42 Å². The fraction of sp³-hybridized carbons (Fsp3) is 0.455. The molecule has 1 atom stereocenters. The van der Waals surface area contributed by atoms with Gasteiger partial charge in [0.1, 0.15) is 5.75 Å². The number of rotatable bonds is 3. The van der Waals surface area contributed by atoms with Crippen LogP contribution in [0.1, 0.15) is 12.5 Å². The van der Waals surface area contributed by atoms with Crippen molar-refractivity contribution in [3.05, 3.63) is 16.1 Å². The van der Waals surface area contributed by atoms with Gasteiger partial charge in [0.2, 0.25) is 6.79 Å². The second-order valence-electron chi connectivity index (χ2n) is 3.79. The van der Waals surface area contributed by atoms with E-state index in [1.54, 1.807) is 7.11 Å². The Kier molecular flexibility index (Phi) is 3.25. The lowest BCUT2D eigenvalue weighted by molar-refractivity contribution is 0.173. The highest BCUT2D eigenvalue weighted by molar-refractivity contribution is 9.10. The topological polar surface area (TPSA) is 53.7 Å². The van der Waals surface area contributed by atoms with Crippen molar-refractivity contribution in [3.63, 3.8) is 0 Å². The summed E-state index contributed by atoms with van der Waals surface area (Å²) in [4.78, 5) is 0. The maximum Gasteiger partial charge on any atom is 0.231 e. The van der Waals surface area contributed by atoms with Crippen LogP contribution in [0.5, 0.6) is 17.2 Å². The summed E-state index contributed by atoms with van der Waals surface area (Å²) in [7, 11) is 1.63. The Morgan fingerprint density at radius 1 is 1.56 bits per heavy atom. The van der Waals surface area contributed by atoms with Crippen molar-refractivity contribution in [2.45, 2.75) is 19.4 Å². The lowest BCUT2D eigenvalue weighted by Gasteiger charge is -2.14. The van der Waals surface area contributed by atoms with Gasteiger partial charge in [-0.05, 0) is 29.3 Å². The number of ether oxygens (including phenoxy) is 3. The molecule has 0 saturated carbocycles. The number of hydrogen-bond acceptors (Lipinski definition) is 4. The van der Waals surface area contributed by atoms with Crippen LogP contribution >= 0.6 is 15.9 Å². The summed E-state index contributed by atoms with van der Waals surface area (Å²) in [6, 6.07) is 1.89. The van der Waals surface area contributed by atoms with E-state index in [-0.39, 0.29) is 12.8 Å². The van der Waals surface area contributed by atoms with Crippen LogP contribution in [0.25, 0.3) is 0 Å². The van der Waals surface area contributed by atoms with Gasteiger partial charge in [0, 0.05) is 17.7 Å². The lowest BCUT2D eigenvalue weighted by Crippen LogP contribution is -2.18. The molecule has 0 aromatic heterocycles. The molecule has 1 aliphatic rings. The molecule has 2 rings (SSSR count). The van der Waals surface area contributed by atoms with Crippen LogP contribution < -0.4 is 19.9 Å². The van der Waals surface area contributed by atoms with E-state index in [1.165, 1.54) is 0 Å². The average molecular weight is 288 g/mol. The minimum absolute atomic E-state index is 0.0384. The quantitative estimate of drug-likeness (QED) is 0.925. The van der Waals surface area contributed by atoms with Crippen molar-refractivity contribution < 1.29 is 14.2 Å². The molecule has 0 radical (unpaired) electrons. The molecule has 16 heavy (non-hydrogen) atoms. The number of methoxy groups -OCH3 is 1. The van der Waals surface area contributed by atoms with Crippen molar-refractivity contribution in [3.8, 4) is 17.2 Å². The SMILES string of the molecule is COc1c(Br)cc2c(c1CC(C)N)OCO2. The second kappa shape index (κ2) is 4.51. The zero-order chi connectivity index (χ0) is 11.7. The van der Waals surface area contributed by atoms with E-state index in [9.17, 15) is 0 Å². The maximum absolute atomic E-state index is 5.82. The lowest BCUT2D eigenvalue weighted by atomic mass is 10.0. The summed E-state index contributed by atoms with van der Waals surface area (Å²) in [5, 5.41) is 0. The summed E-state index contributed by atoms with van der Waals surface area (Å²) in [6.45, 7) is 2.20. The fourth-order valence-electron chi connectivity index (χ4n) is 1.79. The summed E-state index contributed by atoms with van der Waals surface area (Å²) in [5.74, 6) is 2.25. The Labute approximate surface area is 103 Å². The molecule has 1 unspecified atom stereocenters. The van der Waals surface area contributed by atoms with E-state index in [0.717, 1.165) is 27.3 Å². The Morgan fingerprint density at radius 2 is 2.31 bits per heavy atom. The first-order chi connectivity index (χ1) is 7.63. The van der Waals surface area contributed by atoms with E-state index in [4.69, 9.17) is 19.9 Å². The van der Waals surface area contributed by atoms with Gasteiger partial charge in [0.15, 0.2) is 11.5 Å². The van der Waals surface area contributed by atoms with E-state index in [2.05, 4.69) is 15.9 Å². The Morgan fingerprint density at radius 3 is 2.94 bits per heavy atom. The predicted octanol–water partition coefficient (Wildman–Crippen LogP) is 2.08. The average Bonchev–Trinajstić information content (AvgIpc) is 2.64. The highest BCUT2D eigenvalue weighted by atomic mass is 79.9. The third-order valence-corrected chi connectivity index (χ3v) is 2.98. The molecule has 0 amide bonds. The van der Waals surface area contributed by atoms with Crippen LogP contribution in [0.4, 0.5) is 0 Å². The molecule has 88 valence electrons. The number of fused-ring (bicyclic) bond motifs is 1. The molecule has 2 N–H and O–H groups in total. The zero-order valence-corrected chi connectivity index (χ0v) is 10.8. The van der Waals surface area contributed by atoms with Gasteiger partial charge in [-0.3, -0.25) is 0 Å². The summed E-state index contributed by atoms with van der Waals surface area (Å²) >= 11 is 3.45. The van der Waals surface area contributed by atoms with Crippen molar-refractivity contribution >= 4 is 15.9 Å². The molecule has 0 aliphatic carbocycles. The maximum atomic E-state index is 5.82. The Hall–Kier alpha value is -0.940. The third kappa shape index (κ3) is 1.97. The van der Waals surface area contributed by atoms with Gasteiger partial charge in [0.25, 0.3) is 0 Å². The van der Waals surface area contributed by atoms with E-state index < -0.39 is 0 Å². The van der Waals surface area contributed by atoms with Crippen molar-refractivity contribution in [1.82, 2.24) is 0 Å². The van der Waals surface area contributed by atoms with Crippen molar-refractivity contribution in [2.75, 3.05) is 13.9 Å². The molecule has 0 fully saturated rings. The van der Waals surface area contributed by atoms with Crippen LogP contribution in [0.15, 0.2) is 10.5 Å². The minimum atomic E-state index is 0.0384. The van der Waals surface area contributed by atoms with Gasteiger partial charge in [-0.25, -0.2) is 0 Å². The second-order valence-corrected chi connectivity index (χ2v) is 4.64. The van der Waals surface area contributed by atoms with Gasteiger partial charge >= 0.3 is 0 Å². The normalized spacial score (nSPS) is 15.0. The third-order valence-electron chi connectivity index (χ3n) is 2.39. The van der Waals surface area contributed by atoms with Crippen LogP contribution in [0.2, 0.25) is 0 Å². The monoisotopic (exact) mass is 287 g/mol. The summed E-state index contributed by atoms with van der Waals surface area (Å²) < 4.78 is 17.0. The highest BCUT2D eigenvalue weighted by Crippen LogP contribution is 2.45. The predicted molar refractivity (Wildman–Crippen MR) is 64.2 cm³/mol. The van der Waals surface area contributed by atoms with Crippen molar-refractivity contribution in [1.29, 1.82) is 0 Å². The number of benzene rings is 1. The Balaban J connectivity index is 2.52. The molecule has 0 spiro atoms. The van der Waals surface area contributed by atoms with E-state index in [1.807, 2.05) is 13.0 Å². The van der Waals surface area contributed by atoms with Crippen LogP contribution in [-0.4, -0.2) is 19.9 Å². The van der Waals surface area contributed by atoms with Gasteiger partial charge in [0.05, 0.1) is 11.6 Å². The molecule has 5 heteroatoms. The first-order valence-electron chi connectivity index (χ1n) is 5.04. The van der Waals surface area contributed by atoms with Gasteiger partial charge in [-0.2, -0.15) is 0 Å². The first kappa shape index (κ1) is 11.5. The van der Waals surface area contributed by atoms with E-state index >= 15 is 0 Å². The van der Waals surface area contributed by atoms with Gasteiger partial charge in [-0.15, -0.1) is 0 Å². The standard InChI is InChI=1S/C11H14BrNO3/c1-6(13)3-7-10(14-2)8(12)4-9-11(7)16-5-15-9/h4,6H,3,5,13H2,1-2H3. The highest BCUT2D eigenvalue weighted by Gasteiger charge is 2.24. The first-order valence-corrected chi connectivity index (χ1v) is 5.83. The van der Waals surface area contributed by atoms with Crippen LogP contribution in [-0.2, 0) is 6.42 Å². The molecule has 1 heterocycles.